The third kappa shape index (κ3) is 3.09. The summed E-state index contributed by atoms with van der Waals surface area (Å²) < 4.78 is 0. The molecule has 0 saturated heterocycles. The second kappa shape index (κ2) is 6.47. The predicted molar refractivity (Wildman–Crippen MR) is 75.8 cm³/mol. The number of halogens is 2. The molecule has 2 N–H and O–H groups in total. The second-order valence-electron chi connectivity index (χ2n) is 6.16. The molecule has 19 heavy (non-hydrogen) atoms. The summed E-state index contributed by atoms with van der Waals surface area (Å²) in [6.07, 6.45) is 7.01. The number of nitrogens with two attached hydrogens (primary N) is 1. The highest BCUT2D eigenvalue weighted by Gasteiger charge is 2.53. The van der Waals surface area contributed by atoms with E-state index in [9.17, 15) is 0 Å². The molecule has 0 radical (unpaired) electrons. The highest BCUT2D eigenvalue weighted by molar-refractivity contribution is 6.17. The van der Waals surface area contributed by atoms with Crippen LogP contribution in [0.1, 0.15) is 31.2 Å². The number of quaternary nitrogens is 1. The standard InChI is InChI=1S/C16H22ClN.ClH/c17-8-9-18-16(11-13-4-2-1-3-5-13)12-14-6-7-15(16)10-14;/h1-5,14-15,18H,6-12H2;1H. The molecule has 2 saturated carbocycles. The van der Waals surface area contributed by atoms with Gasteiger partial charge in [0, 0.05) is 18.8 Å². The van der Waals surface area contributed by atoms with Crippen molar-refractivity contribution in [1.29, 1.82) is 0 Å². The van der Waals surface area contributed by atoms with Gasteiger partial charge >= 0.3 is 0 Å². The van der Waals surface area contributed by atoms with Crippen LogP contribution in [0.25, 0.3) is 0 Å². The van der Waals surface area contributed by atoms with Crippen LogP contribution in [-0.2, 0) is 6.42 Å². The number of hydrogen-bond donors (Lipinski definition) is 1. The summed E-state index contributed by atoms with van der Waals surface area (Å²) in [6, 6.07) is 11.0. The van der Waals surface area contributed by atoms with E-state index >= 15 is 0 Å². The van der Waals surface area contributed by atoms with Crippen LogP contribution in [0.5, 0.6) is 0 Å². The average molecular weight is 300 g/mol. The molecule has 2 aliphatic rings. The van der Waals surface area contributed by atoms with Crippen LogP contribution >= 0.6 is 11.6 Å². The van der Waals surface area contributed by atoms with Crippen molar-refractivity contribution in [1.82, 2.24) is 0 Å². The maximum atomic E-state index is 5.92. The predicted octanol–water partition coefficient (Wildman–Crippen LogP) is -0.406. The van der Waals surface area contributed by atoms with Crippen molar-refractivity contribution in [2.45, 2.75) is 37.6 Å². The number of hydrogen-bond acceptors (Lipinski definition) is 0. The number of benzene rings is 1. The lowest BCUT2D eigenvalue weighted by Gasteiger charge is -2.35. The van der Waals surface area contributed by atoms with Crippen LogP contribution in [-0.4, -0.2) is 18.0 Å². The average Bonchev–Trinajstić information content (AvgIpc) is 2.98. The minimum atomic E-state index is 0. The Morgan fingerprint density at radius 2 is 2.00 bits per heavy atom. The Bertz CT molecular complexity index is 395. The normalized spacial score (nSPS) is 32.3. The Balaban J connectivity index is 0.00000133. The fraction of sp³-hybridized carbons (Fsp3) is 0.625. The van der Waals surface area contributed by atoms with Crippen molar-refractivity contribution in [2.75, 3.05) is 12.4 Å². The van der Waals surface area contributed by atoms with Crippen molar-refractivity contribution in [3.63, 3.8) is 0 Å². The summed E-state index contributed by atoms with van der Waals surface area (Å²) in [6.45, 7) is 1.07. The zero-order valence-electron chi connectivity index (χ0n) is 11.3. The summed E-state index contributed by atoms with van der Waals surface area (Å²) in [5.41, 5.74) is 1.95. The molecule has 2 fully saturated rings. The van der Waals surface area contributed by atoms with Crippen LogP contribution in [0.15, 0.2) is 30.3 Å². The largest absolute Gasteiger partial charge is 1.00 e. The molecule has 1 aromatic rings. The SMILES string of the molecule is ClCC[NH2+]C1(Cc2ccccc2)CC2CCC1C2.[Cl-]. The van der Waals surface area contributed by atoms with Crippen molar-refractivity contribution in [3.8, 4) is 0 Å². The minimum absolute atomic E-state index is 0. The molecule has 0 spiro atoms. The topological polar surface area (TPSA) is 16.6 Å². The molecule has 3 atom stereocenters. The monoisotopic (exact) mass is 299 g/mol. The Morgan fingerprint density at radius 3 is 2.58 bits per heavy atom. The van der Waals surface area contributed by atoms with Gasteiger partial charge in [0.25, 0.3) is 0 Å². The van der Waals surface area contributed by atoms with Gasteiger partial charge in [-0.1, -0.05) is 30.3 Å². The van der Waals surface area contributed by atoms with Crippen LogP contribution in [0.3, 0.4) is 0 Å². The molecule has 1 aromatic carbocycles. The molecule has 1 nitrogen and oxygen atoms in total. The van der Waals surface area contributed by atoms with Gasteiger partial charge in [-0.3, -0.25) is 0 Å². The Kier molecular flexibility index (Phi) is 5.16. The molecule has 3 heteroatoms. The lowest BCUT2D eigenvalue weighted by Crippen LogP contribution is -3.00. The van der Waals surface area contributed by atoms with Crippen molar-refractivity contribution in [2.24, 2.45) is 11.8 Å². The molecule has 0 aliphatic heterocycles. The zero-order valence-corrected chi connectivity index (χ0v) is 12.8. The quantitative estimate of drug-likeness (QED) is 0.712. The summed E-state index contributed by atoms with van der Waals surface area (Å²) >= 11 is 5.92. The first-order valence-electron chi connectivity index (χ1n) is 7.27. The lowest BCUT2D eigenvalue weighted by molar-refractivity contribution is -0.731. The first kappa shape index (κ1) is 15.2. The minimum Gasteiger partial charge on any atom is -1.00 e. The van der Waals surface area contributed by atoms with Gasteiger partial charge in [0.05, 0.1) is 12.4 Å². The molecule has 0 heterocycles. The summed E-state index contributed by atoms with van der Waals surface area (Å²) in [4.78, 5) is 0. The molecular weight excluding hydrogens is 277 g/mol. The highest BCUT2D eigenvalue weighted by atomic mass is 35.5. The maximum Gasteiger partial charge on any atom is 0.103 e. The van der Waals surface area contributed by atoms with Crippen LogP contribution in [0, 0.1) is 11.8 Å². The van der Waals surface area contributed by atoms with E-state index in [0.29, 0.717) is 5.54 Å². The Labute approximate surface area is 127 Å². The maximum absolute atomic E-state index is 5.92. The van der Waals surface area contributed by atoms with E-state index in [-0.39, 0.29) is 12.4 Å². The first-order chi connectivity index (χ1) is 8.82. The smallest absolute Gasteiger partial charge is 0.103 e. The van der Waals surface area contributed by atoms with Gasteiger partial charge in [-0.05, 0) is 30.7 Å². The fourth-order valence-corrected chi connectivity index (χ4v) is 4.45. The van der Waals surface area contributed by atoms with Crippen LogP contribution in [0.2, 0.25) is 0 Å². The van der Waals surface area contributed by atoms with Gasteiger partial charge in [-0.2, -0.15) is 0 Å². The van der Waals surface area contributed by atoms with E-state index in [4.69, 9.17) is 11.6 Å². The second-order valence-corrected chi connectivity index (χ2v) is 6.54. The molecule has 2 bridgehead atoms. The van der Waals surface area contributed by atoms with E-state index in [0.717, 1.165) is 24.3 Å². The Morgan fingerprint density at radius 1 is 1.21 bits per heavy atom. The molecule has 2 aliphatic carbocycles. The van der Waals surface area contributed by atoms with E-state index < -0.39 is 0 Å². The summed E-state index contributed by atoms with van der Waals surface area (Å²) in [5.74, 6) is 2.68. The van der Waals surface area contributed by atoms with E-state index in [2.05, 4.69) is 35.6 Å². The van der Waals surface area contributed by atoms with Gasteiger partial charge in [0.1, 0.15) is 5.54 Å². The lowest BCUT2D eigenvalue weighted by atomic mass is 9.76. The van der Waals surface area contributed by atoms with Crippen molar-refractivity contribution in [3.05, 3.63) is 35.9 Å². The van der Waals surface area contributed by atoms with Gasteiger partial charge in [-0.15, -0.1) is 11.6 Å². The third-order valence-electron chi connectivity index (χ3n) is 5.06. The molecule has 0 aromatic heterocycles. The number of alkyl halides is 1. The molecular formula is C16H23Cl2N. The number of rotatable bonds is 5. The summed E-state index contributed by atoms with van der Waals surface area (Å²) in [7, 11) is 0. The molecule has 0 amide bonds. The van der Waals surface area contributed by atoms with E-state index in [1.165, 1.54) is 37.7 Å². The first-order valence-corrected chi connectivity index (χ1v) is 7.80. The van der Waals surface area contributed by atoms with Crippen LogP contribution < -0.4 is 17.7 Å². The van der Waals surface area contributed by atoms with E-state index in [1.807, 2.05) is 0 Å². The molecule has 3 rings (SSSR count). The Hall–Kier alpha value is -0.240. The van der Waals surface area contributed by atoms with E-state index in [1.54, 1.807) is 0 Å². The van der Waals surface area contributed by atoms with Gasteiger partial charge < -0.3 is 17.7 Å². The summed E-state index contributed by atoms with van der Waals surface area (Å²) in [5, 5.41) is 2.57. The fourth-order valence-electron chi connectivity index (χ4n) is 4.34. The molecule has 3 unspecified atom stereocenters. The number of fused-ring (bicyclic) bond motifs is 2. The van der Waals surface area contributed by atoms with Gasteiger partial charge in [0.15, 0.2) is 0 Å². The van der Waals surface area contributed by atoms with Crippen molar-refractivity contribution >= 4 is 11.6 Å². The highest BCUT2D eigenvalue weighted by Crippen LogP contribution is 2.50. The van der Waals surface area contributed by atoms with Crippen molar-refractivity contribution < 1.29 is 17.7 Å². The van der Waals surface area contributed by atoms with Gasteiger partial charge in [0.2, 0.25) is 0 Å². The zero-order chi connectivity index (χ0) is 12.4. The van der Waals surface area contributed by atoms with Gasteiger partial charge in [-0.25, -0.2) is 0 Å². The third-order valence-corrected chi connectivity index (χ3v) is 5.28. The molecule has 106 valence electrons. The van der Waals surface area contributed by atoms with Crippen LogP contribution in [0.4, 0.5) is 0 Å².